The van der Waals surface area contributed by atoms with Gasteiger partial charge in [0, 0.05) is 23.4 Å². The molecule has 0 saturated heterocycles. The van der Waals surface area contributed by atoms with Gasteiger partial charge in [-0.1, -0.05) is 30.3 Å². The highest BCUT2D eigenvalue weighted by Crippen LogP contribution is 2.37. The van der Waals surface area contributed by atoms with Gasteiger partial charge in [-0.05, 0) is 24.8 Å². The third-order valence-corrected chi connectivity index (χ3v) is 4.46. The number of rotatable bonds is 5. The van der Waals surface area contributed by atoms with Gasteiger partial charge >= 0.3 is 0 Å². The predicted molar refractivity (Wildman–Crippen MR) is 94.5 cm³/mol. The second-order valence-corrected chi connectivity index (χ2v) is 6.23. The summed E-state index contributed by atoms with van der Waals surface area (Å²) < 4.78 is 10.9. The van der Waals surface area contributed by atoms with Gasteiger partial charge < -0.3 is 9.47 Å². The summed E-state index contributed by atoms with van der Waals surface area (Å²) in [6.45, 7) is 0. The van der Waals surface area contributed by atoms with E-state index in [1.807, 2.05) is 30.3 Å². The van der Waals surface area contributed by atoms with Crippen LogP contribution in [0.5, 0.6) is 11.5 Å². The molecule has 0 radical (unpaired) electrons. The van der Waals surface area contributed by atoms with Gasteiger partial charge in [-0.3, -0.25) is 0 Å². The van der Waals surface area contributed by atoms with E-state index in [0.29, 0.717) is 11.5 Å². The molecule has 122 valence electrons. The average Bonchev–Trinajstić information content (AvgIpc) is 3.44. The van der Waals surface area contributed by atoms with Crippen LogP contribution in [0.15, 0.2) is 42.5 Å². The Morgan fingerprint density at radius 1 is 0.958 bits per heavy atom. The van der Waals surface area contributed by atoms with Crippen LogP contribution >= 0.6 is 0 Å². The molecule has 0 atom stereocenters. The fourth-order valence-electron chi connectivity index (χ4n) is 2.99. The molecule has 4 rings (SSSR count). The van der Waals surface area contributed by atoms with E-state index in [2.05, 4.69) is 12.1 Å². The summed E-state index contributed by atoms with van der Waals surface area (Å²) in [7, 11) is 3.29. The summed E-state index contributed by atoms with van der Waals surface area (Å²) in [4.78, 5) is 9.65. The molecule has 24 heavy (non-hydrogen) atoms. The maximum atomic E-state index is 5.46. The zero-order chi connectivity index (χ0) is 16.5. The Labute approximate surface area is 141 Å². The van der Waals surface area contributed by atoms with Crippen LogP contribution in [-0.2, 0) is 6.42 Å². The highest BCUT2D eigenvalue weighted by atomic mass is 16.5. The first kappa shape index (κ1) is 14.9. The molecule has 1 heterocycles. The van der Waals surface area contributed by atoms with E-state index in [-0.39, 0.29) is 0 Å². The first-order valence-corrected chi connectivity index (χ1v) is 8.26. The largest absolute Gasteiger partial charge is 0.493 e. The zero-order valence-electron chi connectivity index (χ0n) is 14.0. The van der Waals surface area contributed by atoms with Gasteiger partial charge in [0.1, 0.15) is 5.82 Å². The predicted octanol–water partition coefficient (Wildman–Crippen LogP) is 4.27. The minimum absolute atomic E-state index is 0.695. The Hall–Kier alpha value is -2.62. The van der Waals surface area contributed by atoms with Crippen molar-refractivity contribution in [2.24, 2.45) is 5.92 Å². The highest BCUT2D eigenvalue weighted by Gasteiger charge is 2.24. The number of nitrogens with zero attached hydrogens (tertiary/aromatic N) is 2. The standard InChI is InChI=1S/C20H20N2O2/c1-23-17-11-15-16(12-18(17)24-2)21-19(10-13-8-9-13)22-20(15)14-6-4-3-5-7-14/h3-7,11-13H,8-10H2,1-2H3. The number of hydrogen-bond donors (Lipinski definition) is 0. The van der Waals surface area contributed by atoms with E-state index < -0.39 is 0 Å². The number of fused-ring (bicyclic) bond motifs is 1. The summed E-state index contributed by atoms with van der Waals surface area (Å²) >= 11 is 0. The molecular weight excluding hydrogens is 300 g/mol. The normalized spacial score (nSPS) is 13.9. The van der Waals surface area contributed by atoms with Crippen molar-refractivity contribution in [1.29, 1.82) is 0 Å². The Bertz CT molecular complexity index is 874. The third-order valence-electron chi connectivity index (χ3n) is 4.46. The summed E-state index contributed by atoms with van der Waals surface area (Å²) in [5.41, 5.74) is 2.95. The maximum Gasteiger partial charge on any atom is 0.162 e. The van der Waals surface area contributed by atoms with E-state index in [1.165, 1.54) is 12.8 Å². The molecular formula is C20H20N2O2. The number of methoxy groups -OCH3 is 2. The molecule has 0 unspecified atom stereocenters. The number of ether oxygens (including phenoxy) is 2. The lowest BCUT2D eigenvalue weighted by Gasteiger charge is -2.13. The molecule has 1 aliphatic carbocycles. The van der Waals surface area contributed by atoms with Crippen LogP contribution in [0.25, 0.3) is 22.2 Å². The lowest BCUT2D eigenvalue weighted by Crippen LogP contribution is -2.01. The van der Waals surface area contributed by atoms with Gasteiger partial charge in [-0.25, -0.2) is 9.97 Å². The summed E-state index contributed by atoms with van der Waals surface area (Å²) in [5, 5.41) is 0.985. The first-order chi connectivity index (χ1) is 11.8. The average molecular weight is 320 g/mol. The van der Waals surface area contributed by atoms with Crippen molar-refractivity contribution in [2.45, 2.75) is 19.3 Å². The van der Waals surface area contributed by atoms with Crippen LogP contribution in [0.3, 0.4) is 0 Å². The zero-order valence-corrected chi connectivity index (χ0v) is 14.0. The Morgan fingerprint density at radius 3 is 2.33 bits per heavy atom. The molecule has 3 aromatic rings. The third kappa shape index (κ3) is 2.80. The summed E-state index contributed by atoms with van der Waals surface area (Å²) in [6.07, 6.45) is 3.52. The van der Waals surface area contributed by atoms with Crippen molar-refractivity contribution in [3.8, 4) is 22.8 Å². The molecule has 2 aromatic carbocycles. The van der Waals surface area contributed by atoms with Crippen molar-refractivity contribution >= 4 is 10.9 Å². The van der Waals surface area contributed by atoms with Crippen LogP contribution in [-0.4, -0.2) is 24.2 Å². The summed E-state index contributed by atoms with van der Waals surface area (Å²) in [5.74, 6) is 3.04. The van der Waals surface area contributed by atoms with Gasteiger partial charge in [0.15, 0.2) is 11.5 Å². The number of benzene rings is 2. The van der Waals surface area contributed by atoms with Crippen molar-refractivity contribution in [3.05, 3.63) is 48.3 Å². The van der Waals surface area contributed by atoms with Gasteiger partial charge in [-0.2, -0.15) is 0 Å². The smallest absolute Gasteiger partial charge is 0.162 e. The lowest BCUT2D eigenvalue weighted by atomic mass is 10.1. The Balaban J connectivity index is 1.95. The van der Waals surface area contributed by atoms with Crippen LogP contribution in [0, 0.1) is 5.92 Å². The maximum absolute atomic E-state index is 5.46. The van der Waals surface area contributed by atoms with E-state index in [9.17, 15) is 0 Å². The molecule has 1 aromatic heterocycles. The van der Waals surface area contributed by atoms with Gasteiger partial charge in [-0.15, -0.1) is 0 Å². The number of aromatic nitrogens is 2. The topological polar surface area (TPSA) is 44.2 Å². The molecule has 4 heteroatoms. The molecule has 1 saturated carbocycles. The molecule has 0 N–H and O–H groups in total. The van der Waals surface area contributed by atoms with Crippen molar-refractivity contribution < 1.29 is 9.47 Å². The van der Waals surface area contributed by atoms with Crippen LogP contribution in [0.4, 0.5) is 0 Å². The van der Waals surface area contributed by atoms with Gasteiger partial charge in [0.05, 0.1) is 25.4 Å². The first-order valence-electron chi connectivity index (χ1n) is 8.26. The highest BCUT2D eigenvalue weighted by molar-refractivity contribution is 5.94. The van der Waals surface area contributed by atoms with E-state index >= 15 is 0 Å². The SMILES string of the molecule is COc1cc2nc(CC3CC3)nc(-c3ccccc3)c2cc1OC. The monoisotopic (exact) mass is 320 g/mol. The summed E-state index contributed by atoms with van der Waals surface area (Å²) in [6, 6.07) is 14.2. The van der Waals surface area contributed by atoms with Crippen molar-refractivity contribution in [2.75, 3.05) is 14.2 Å². The minimum Gasteiger partial charge on any atom is -0.493 e. The van der Waals surface area contributed by atoms with E-state index in [1.54, 1.807) is 14.2 Å². The second-order valence-electron chi connectivity index (χ2n) is 6.23. The van der Waals surface area contributed by atoms with Crippen LogP contribution < -0.4 is 9.47 Å². The Kier molecular flexibility index (Phi) is 3.81. The molecule has 0 aliphatic heterocycles. The molecule has 0 spiro atoms. The number of hydrogen-bond acceptors (Lipinski definition) is 4. The minimum atomic E-state index is 0.695. The van der Waals surface area contributed by atoms with E-state index in [0.717, 1.165) is 40.3 Å². The molecule has 1 fully saturated rings. The molecule has 0 bridgehead atoms. The van der Waals surface area contributed by atoms with Crippen molar-refractivity contribution in [3.63, 3.8) is 0 Å². The quantitative estimate of drug-likeness (QED) is 0.704. The van der Waals surface area contributed by atoms with Gasteiger partial charge in [0.25, 0.3) is 0 Å². The fourth-order valence-corrected chi connectivity index (χ4v) is 2.99. The van der Waals surface area contributed by atoms with E-state index in [4.69, 9.17) is 19.4 Å². The fraction of sp³-hybridized carbons (Fsp3) is 0.300. The second kappa shape index (κ2) is 6.11. The van der Waals surface area contributed by atoms with Crippen molar-refractivity contribution in [1.82, 2.24) is 9.97 Å². The lowest BCUT2D eigenvalue weighted by molar-refractivity contribution is 0.356. The molecule has 0 amide bonds. The van der Waals surface area contributed by atoms with Crippen LogP contribution in [0.2, 0.25) is 0 Å². The molecule has 1 aliphatic rings. The molecule has 4 nitrogen and oxygen atoms in total. The van der Waals surface area contributed by atoms with Gasteiger partial charge in [0.2, 0.25) is 0 Å². The Morgan fingerprint density at radius 2 is 1.67 bits per heavy atom. The van der Waals surface area contributed by atoms with Crippen LogP contribution in [0.1, 0.15) is 18.7 Å².